The van der Waals surface area contributed by atoms with Gasteiger partial charge in [0.05, 0.1) is 0 Å². The molecule has 6 atom stereocenters. The van der Waals surface area contributed by atoms with Crippen LogP contribution in [0.25, 0.3) is 0 Å². The monoisotopic (exact) mass is 505 g/mol. The fourth-order valence-corrected chi connectivity index (χ4v) is 10.1. The smallest absolute Gasteiger partial charge is 0.254 e. The molecule has 3 aliphatic carbocycles. The Hall–Kier alpha value is -3.18. The molecule has 5 unspecified atom stereocenters. The van der Waals surface area contributed by atoms with Crippen molar-refractivity contribution in [2.75, 3.05) is 19.6 Å². The minimum Gasteiger partial charge on any atom is -0.508 e. The standard InChI is InChI=1S/C33H35N3O2/c37-26-10-9-23-18-29-32-13-11-28-30(24(20-32)21-36(28)31(38)22-6-2-1-3-7-22)33(32,27(23)19-26)14-17-35(29)16-12-25-8-4-5-15-34-25/h1-10,15,19,24,28-30,37H,11-14,16-18,20-21H2/t24-,28?,29?,30?,32?,33?/m1/s1. The molecular weight excluding hydrogens is 470 g/mol. The minimum atomic E-state index is 0.0464. The molecule has 4 fully saturated rings. The Morgan fingerprint density at radius 2 is 1.92 bits per heavy atom. The molecule has 2 saturated heterocycles. The molecule has 0 radical (unpaired) electrons. The zero-order chi connectivity index (χ0) is 25.5. The molecule has 2 saturated carbocycles. The third-order valence-corrected chi connectivity index (χ3v) is 11.2. The predicted molar refractivity (Wildman–Crippen MR) is 146 cm³/mol. The Balaban J connectivity index is 1.19. The number of piperidine rings is 1. The van der Waals surface area contributed by atoms with Crippen LogP contribution in [-0.4, -0.2) is 57.5 Å². The average Bonchev–Trinajstić information content (AvgIpc) is 3.40. The highest BCUT2D eigenvalue weighted by Gasteiger charge is 2.76. The van der Waals surface area contributed by atoms with Gasteiger partial charge < -0.3 is 10.0 Å². The van der Waals surface area contributed by atoms with Crippen molar-refractivity contribution in [1.82, 2.24) is 14.8 Å². The van der Waals surface area contributed by atoms with Crippen molar-refractivity contribution in [3.63, 3.8) is 0 Å². The molecule has 3 heterocycles. The SMILES string of the molecule is O=C(c1ccccc1)N1C[C@H]2CC34CCC1C2C31CCN(CCc2ccccn2)C4Cc2ccc(O)cc21. The molecular formula is C33H35N3O2. The normalized spacial score (nSPS) is 34.6. The van der Waals surface area contributed by atoms with Gasteiger partial charge in [-0.05, 0) is 103 Å². The first kappa shape index (κ1) is 22.8. The molecule has 1 N–H and O–H groups in total. The van der Waals surface area contributed by atoms with E-state index in [1.54, 1.807) is 0 Å². The van der Waals surface area contributed by atoms with E-state index in [-0.39, 0.29) is 22.8 Å². The Morgan fingerprint density at radius 3 is 2.76 bits per heavy atom. The molecule has 0 spiro atoms. The summed E-state index contributed by atoms with van der Waals surface area (Å²) >= 11 is 0. The molecule has 3 aromatic rings. The van der Waals surface area contributed by atoms with Crippen LogP contribution in [-0.2, 0) is 18.3 Å². The number of rotatable bonds is 4. The van der Waals surface area contributed by atoms with E-state index in [1.807, 2.05) is 48.7 Å². The first-order chi connectivity index (χ1) is 18.6. The van der Waals surface area contributed by atoms with Gasteiger partial charge in [0.2, 0.25) is 0 Å². The van der Waals surface area contributed by atoms with E-state index in [0.29, 0.717) is 23.6 Å². The predicted octanol–water partition coefficient (Wildman–Crippen LogP) is 4.84. The number of aromatic nitrogens is 1. The van der Waals surface area contributed by atoms with Crippen molar-refractivity contribution in [1.29, 1.82) is 0 Å². The maximum absolute atomic E-state index is 13.7. The highest BCUT2D eigenvalue weighted by Crippen LogP contribution is 2.75. The van der Waals surface area contributed by atoms with Crippen LogP contribution in [0.1, 0.15) is 52.9 Å². The van der Waals surface area contributed by atoms with Gasteiger partial charge >= 0.3 is 0 Å². The van der Waals surface area contributed by atoms with Crippen LogP contribution >= 0.6 is 0 Å². The molecule has 1 amide bonds. The van der Waals surface area contributed by atoms with Crippen LogP contribution in [0.5, 0.6) is 5.75 Å². The quantitative estimate of drug-likeness (QED) is 0.551. The van der Waals surface area contributed by atoms with E-state index < -0.39 is 0 Å². The van der Waals surface area contributed by atoms with Gasteiger partial charge in [-0.15, -0.1) is 0 Å². The fraction of sp³-hybridized carbons (Fsp3) is 0.455. The number of carbonyl (C=O) groups is 1. The topological polar surface area (TPSA) is 56.7 Å². The second kappa shape index (κ2) is 8.16. The lowest BCUT2D eigenvalue weighted by molar-refractivity contribution is -0.100. The first-order valence-corrected chi connectivity index (χ1v) is 14.4. The Bertz CT molecular complexity index is 1390. The molecule has 5 nitrogen and oxygen atoms in total. The number of aromatic hydroxyl groups is 1. The van der Waals surface area contributed by atoms with Gasteiger partial charge in [0.25, 0.3) is 5.91 Å². The summed E-state index contributed by atoms with van der Waals surface area (Å²) in [5.74, 6) is 1.59. The van der Waals surface area contributed by atoms with Gasteiger partial charge in [-0.2, -0.15) is 0 Å². The fourth-order valence-electron chi connectivity index (χ4n) is 10.1. The number of benzene rings is 2. The highest BCUT2D eigenvalue weighted by atomic mass is 16.3. The van der Waals surface area contributed by atoms with Gasteiger partial charge in [0.15, 0.2) is 0 Å². The lowest BCUT2D eigenvalue weighted by atomic mass is 9.43. The van der Waals surface area contributed by atoms with E-state index in [1.165, 1.54) is 29.7 Å². The van der Waals surface area contributed by atoms with Crippen LogP contribution < -0.4 is 0 Å². The van der Waals surface area contributed by atoms with Crippen molar-refractivity contribution in [3.05, 3.63) is 95.3 Å². The number of nitrogens with zero attached hydrogens (tertiary/aromatic N) is 3. The lowest BCUT2D eigenvalue weighted by Gasteiger charge is -2.66. The lowest BCUT2D eigenvalue weighted by Crippen LogP contribution is -2.69. The van der Waals surface area contributed by atoms with Crippen LogP contribution in [0.2, 0.25) is 0 Å². The minimum absolute atomic E-state index is 0.0464. The second-order valence-electron chi connectivity index (χ2n) is 12.5. The van der Waals surface area contributed by atoms with Crippen molar-refractivity contribution in [2.45, 2.75) is 56.0 Å². The van der Waals surface area contributed by atoms with Crippen LogP contribution in [0.3, 0.4) is 0 Å². The second-order valence-corrected chi connectivity index (χ2v) is 12.5. The van der Waals surface area contributed by atoms with Gasteiger partial charge in [-0.1, -0.05) is 30.3 Å². The summed E-state index contributed by atoms with van der Waals surface area (Å²) in [4.78, 5) is 23.4. The number of amides is 1. The molecule has 38 heavy (non-hydrogen) atoms. The molecule has 4 bridgehead atoms. The highest BCUT2D eigenvalue weighted by molar-refractivity contribution is 5.94. The Labute approximate surface area is 224 Å². The van der Waals surface area contributed by atoms with Crippen molar-refractivity contribution < 1.29 is 9.90 Å². The van der Waals surface area contributed by atoms with Gasteiger partial charge in [-0.25, -0.2) is 0 Å². The molecule has 8 rings (SSSR count). The summed E-state index contributed by atoms with van der Waals surface area (Å²) < 4.78 is 0. The number of fused-ring (bicyclic) bond motifs is 1. The maximum atomic E-state index is 13.7. The van der Waals surface area contributed by atoms with E-state index >= 15 is 0 Å². The number of pyridine rings is 1. The van der Waals surface area contributed by atoms with Crippen LogP contribution in [0.4, 0.5) is 0 Å². The van der Waals surface area contributed by atoms with Crippen molar-refractivity contribution in [3.8, 4) is 5.75 Å². The third kappa shape index (κ3) is 2.91. The zero-order valence-electron chi connectivity index (χ0n) is 21.8. The van der Waals surface area contributed by atoms with Crippen molar-refractivity contribution in [2.24, 2.45) is 17.3 Å². The van der Waals surface area contributed by atoms with Gasteiger partial charge in [0.1, 0.15) is 5.75 Å². The summed E-state index contributed by atoms with van der Waals surface area (Å²) in [6.07, 6.45) is 8.54. The number of hydrogen-bond donors (Lipinski definition) is 1. The third-order valence-electron chi connectivity index (χ3n) is 11.2. The number of carbonyl (C=O) groups excluding carboxylic acids is 1. The van der Waals surface area contributed by atoms with Crippen LogP contribution in [0.15, 0.2) is 72.9 Å². The maximum Gasteiger partial charge on any atom is 0.254 e. The number of phenols is 1. The van der Waals surface area contributed by atoms with Gasteiger partial charge in [0, 0.05) is 54.5 Å². The summed E-state index contributed by atoms with van der Waals surface area (Å²) in [5.41, 5.74) is 5.08. The molecule has 194 valence electrons. The zero-order valence-corrected chi connectivity index (χ0v) is 21.8. The summed E-state index contributed by atoms with van der Waals surface area (Å²) in [5, 5.41) is 10.7. The first-order valence-electron chi connectivity index (χ1n) is 14.4. The van der Waals surface area contributed by atoms with E-state index in [2.05, 4.69) is 39.0 Å². The Kier molecular flexibility index (Phi) is 4.89. The van der Waals surface area contributed by atoms with Crippen molar-refractivity contribution >= 4 is 5.91 Å². The molecule has 1 aromatic heterocycles. The number of phenolic OH excluding ortho intramolecular Hbond substituents is 1. The Morgan fingerprint density at radius 1 is 1.05 bits per heavy atom. The number of likely N-dealkylation sites (tertiary alicyclic amines) is 2. The van der Waals surface area contributed by atoms with Crippen LogP contribution in [0, 0.1) is 17.3 Å². The van der Waals surface area contributed by atoms with E-state index in [9.17, 15) is 9.90 Å². The largest absolute Gasteiger partial charge is 0.508 e. The van der Waals surface area contributed by atoms with E-state index in [4.69, 9.17) is 0 Å². The summed E-state index contributed by atoms with van der Waals surface area (Å²) in [6, 6.07) is 23.1. The summed E-state index contributed by atoms with van der Waals surface area (Å²) in [7, 11) is 0. The average molecular weight is 506 g/mol. The molecule has 2 aliphatic heterocycles. The molecule has 2 aromatic carbocycles. The summed E-state index contributed by atoms with van der Waals surface area (Å²) in [6.45, 7) is 3.00. The number of hydrogen-bond acceptors (Lipinski definition) is 4. The van der Waals surface area contributed by atoms with Gasteiger partial charge in [-0.3, -0.25) is 14.7 Å². The molecule has 5 heteroatoms. The molecule has 5 aliphatic rings. The van der Waals surface area contributed by atoms with E-state index in [0.717, 1.165) is 50.9 Å².